The summed E-state index contributed by atoms with van der Waals surface area (Å²) in [6.07, 6.45) is 4.66. The summed E-state index contributed by atoms with van der Waals surface area (Å²) < 4.78 is 5.62. The van der Waals surface area contributed by atoms with Crippen LogP contribution in [-0.2, 0) is 14.4 Å². The molecule has 0 bridgehead atoms. The Morgan fingerprint density at radius 1 is 1.26 bits per heavy atom. The number of fused-ring (bicyclic) bond motifs is 1. The van der Waals surface area contributed by atoms with Crippen molar-refractivity contribution in [2.75, 3.05) is 19.7 Å². The van der Waals surface area contributed by atoms with Gasteiger partial charge in [0.1, 0.15) is 17.8 Å². The third kappa shape index (κ3) is 5.42. The Morgan fingerprint density at radius 3 is 2.82 bits per heavy atom. The Kier molecular flexibility index (Phi) is 7.84. The van der Waals surface area contributed by atoms with E-state index in [1.54, 1.807) is 17.0 Å². The van der Waals surface area contributed by atoms with Crippen molar-refractivity contribution in [3.05, 3.63) is 28.2 Å². The Bertz CT molecular complexity index is 998. The highest BCUT2D eigenvalue weighted by Gasteiger charge is 2.49. The van der Waals surface area contributed by atoms with Gasteiger partial charge in [0.25, 0.3) is 5.91 Å². The number of hydrogen-bond donors (Lipinski definition) is 2. The van der Waals surface area contributed by atoms with Crippen molar-refractivity contribution in [1.82, 2.24) is 15.5 Å². The molecule has 182 valence electrons. The average Bonchev–Trinajstić information content (AvgIpc) is 3.40. The minimum atomic E-state index is -0.789. The van der Waals surface area contributed by atoms with Gasteiger partial charge in [0.2, 0.25) is 11.8 Å². The van der Waals surface area contributed by atoms with Crippen LogP contribution in [0.1, 0.15) is 38.5 Å². The number of carbonyl (C=O) groups excluding carboxylic acids is 3. The van der Waals surface area contributed by atoms with Gasteiger partial charge < -0.3 is 20.3 Å². The first-order valence-corrected chi connectivity index (χ1v) is 12.5. The van der Waals surface area contributed by atoms with E-state index in [2.05, 4.69) is 16.7 Å². The Morgan fingerprint density at radius 2 is 2.09 bits per heavy atom. The Labute approximate surface area is 208 Å². The van der Waals surface area contributed by atoms with Crippen LogP contribution in [0.25, 0.3) is 0 Å². The maximum Gasteiger partial charge on any atom is 0.261 e. The topological polar surface area (TPSA) is 112 Å². The van der Waals surface area contributed by atoms with Crippen molar-refractivity contribution >= 4 is 40.9 Å². The summed E-state index contributed by atoms with van der Waals surface area (Å²) in [6, 6.07) is 5.43. The lowest BCUT2D eigenvalue weighted by molar-refractivity contribution is -0.141. The highest BCUT2D eigenvalue weighted by atomic mass is 35.5. The van der Waals surface area contributed by atoms with Gasteiger partial charge in [-0.2, -0.15) is 5.26 Å². The highest BCUT2D eigenvalue weighted by Crippen LogP contribution is 2.42. The summed E-state index contributed by atoms with van der Waals surface area (Å²) in [5.74, 6) is -0.362. The molecule has 2 saturated heterocycles. The van der Waals surface area contributed by atoms with Crippen molar-refractivity contribution < 1.29 is 19.1 Å². The monoisotopic (exact) mass is 506 g/mol. The van der Waals surface area contributed by atoms with Crippen LogP contribution in [0.5, 0.6) is 5.75 Å². The first-order chi connectivity index (χ1) is 16.4. The molecule has 1 aliphatic carbocycles. The summed E-state index contributed by atoms with van der Waals surface area (Å²) in [4.78, 5) is 40.1. The van der Waals surface area contributed by atoms with Gasteiger partial charge >= 0.3 is 0 Å². The minimum absolute atomic E-state index is 0.0559. The second-order valence-electron chi connectivity index (χ2n) is 9.27. The van der Waals surface area contributed by atoms with Crippen molar-refractivity contribution in [2.24, 2.45) is 17.8 Å². The molecule has 0 radical (unpaired) electrons. The SMILES string of the molecule is N#C[C@H](C[C@@H]1CCCNC1=O)NC(=O)C1C2CCCC2CN1C(=O)COc1ccc(Cl)cc1Cl. The maximum absolute atomic E-state index is 13.3. The van der Waals surface area contributed by atoms with Crippen LogP contribution in [0.2, 0.25) is 10.0 Å². The van der Waals surface area contributed by atoms with Crippen LogP contribution < -0.4 is 15.4 Å². The van der Waals surface area contributed by atoms with Gasteiger partial charge in [-0.05, 0) is 62.1 Å². The molecule has 1 aromatic carbocycles. The summed E-state index contributed by atoms with van der Waals surface area (Å²) in [5, 5.41) is 16.0. The van der Waals surface area contributed by atoms with Crippen molar-refractivity contribution in [3.8, 4) is 11.8 Å². The van der Waals surface area contributed by atoms with Crippen molar-refractivity contribution in [3.63, 3.8) is 0 Å². The molecule has 5 atom stereocenters. The van der Waals surface area contributed by atoms with E-state index in [0.29, 0.717) is 35.3 Å². The molecule has 0 aromatic heterocycles. The number of nitriles is 1. The molecular formula is C24H28Cl2N4O4. The van der Waals surface area contributed by atoms with Crippen LogP contribution in [-0.4, -0.2) is 54.4 Å². The third-order valence-corrected chi connectivity index (χ3v) is 7.65. The summed E-state index contributed by atoms with van der Waals surface area (Å²) >= 11 is 12.0. The van der Waals surface area contributed by atoms with E-state index >= 15 is 0 Å². The lowest BCUT2D eigenvalue weighted by Crippen LogP contribution is -2.52. The molecule has 8 nitrogen and oxygen atoms in total. The Balaban J connectivity index is 1.42. The molecule has 10 heteroatoms. The molecule has 3 fully saturated rings. The van der Waals surface area contributed by atoms with Crippen LogP contribution in [0, 0.1) is 29.1 Å². The molecular weight excluding hydrogens is 479 g/mol. The van der Waals surface area contributed by atoms with E-state index in [1.165, 1.54) is 6.07 Å². The van der Waals surface area contributed by atoms with Crippen molar-refractivity contribution in [2.45, 2.75) is 50.6 Å². The van der Waals surface area contributed by atoms with Gasteiger partial charge in [0.15, 0.2) is 6.61 Å². The molecule has 3 unspecified atom stereocenters. The lowest BCUT2D eigenvalue weighted by Gasteiger charge is -2.29. The van der Waals surface area contributed by atoms with Gasteiger partial charge in [0.05, 0.1) is 11.1 Å². The average molecular weight is 507 g/mol. The van der Waals surface area contributed by atoms with Gasteiger partial charge in [-0.15, -0.1) is 0 Å². The number of halogens is 2. The Hall–Kier alpha value is -2.50. The summed E-state index contributed by atoms with van der Waals surface area (Å²) in [7, 11) is 0. The predicted octanol–water partition coefficient (Wildman–Crippen LogP) is 2.92. The molecule has 3 amide bonds. The van der Waals surface area contributed by atoms with Gasteiger partial charge in [0, 0.05) is 24.0 Å². The van der Waals surface area contributed by atoms with Gasteiger partial charge in [-0.3, -0.25) is 14.4 Å². The number of nitrogens with one attached hydrogen (secondary N) is 2. The summed E-state index contributed by atoms with van der Waals surface area (Å²) in [6.45, 7) is 0.875. The van der Waals surface area contributed by atoms with Crippen LogP contribution in [0.3, 0.4) is 0 Å². The first-order valence-electron chi connectivity index (χ1n) is 11.7. The van der Waals surface area contributed by atoms with Crippen LogP contribution in [0.15, 0.2) is 18.2 Å². The molecule has 2 heterocycles. The fourth-order valence-corrected chi connectivity index (χ4v) is 5.92. The second kappa shape index (κ2) is 10.8. The van der Waals surface area contributed by atoms with Crippen LogP contribution >= 0.6 is 23.2 Å². The highest BCUT2D eigenvalue weighted by molar-refractivity contribution is 6.35. The molecule has 3 aliphatic rings. The molecule has 2 aliphatic heterocycles. The number of ether oxygens (including phenoxy) is 1. The van der Waals surface area contributed by atoms with Crippen molar-refractivity contribution in [1.29, 1.82) is 5.26 Å². The number of benzene rings is 1. The number of likely N-dealkylation sites (tertiary alicyclic amines) is 1. The van der Waals surface area contributed by atoms with Crippen LogP contribution in [0.4, 0.5) is 0 Å². The number of piperidine rings is 1. The zero-order valence-corrected chi connectivity index (χ0v) is 20.3. The fourth-order valence-electron chi connectivity index (χ4n) is 5.46. The minimum Gasteiger partial charge on any atom is -0.482 e. The number of amides is 3. The number of rotatable bonds is 7. The molecule has 34 heavy (non-hydrogen) atoms. The molecule has 4 rings (SSSR count). The number of carbonyl (C=O) groups is 3. The largest absolute Gasteiger partial charge is 0.482 e. The second-order valence-corrected chi connectivity index (χ2v) is 10.1. The van der Waals surface area contributed by atoms with E-state index in [0.717, 1.165) is 25.7 Å². The smallest absolute Gasteiger partial charge is 0.261 e. The van der Waals surface area contributed by atoms with E-state index in [1.807, 2.05) is 0 Å². The summed E-state index contributed by atoms with van der Waals surface area (Å²) in [5.41, 5.74) is 0. The third-order valence-electron chi connectivity index (χ3n) is 7.12. The molecule has 0 spiro atoms. The van der Waals surface area contributed by atoms with E-state index in [4.69, 9.17) is 27.9 Å². The van der Waals surface area contributed by atoms with E-state index in [-0.39, 0.29) is 48.5 Å². The first kappa shape index (κ1) is 24.6. The maximum atomic E-state index is 13.3. The standard InChI is InChI=1S/C24H28Cl2N4O4/c25-16-6-7-20(19(26)10-16)34-13-21(31)30-12-15-3-1-5-18(15)22(30)24(33)29-17(11-27)9-14-4-2-8-28-23(14)32/h6-7,10,14-15,17-18,22H,1-5,8-9,12-13H2,(H,28,32)(H,29,33)/t14-,15?,17-,18?,22?/m0/s1. The number of nitrogens with zero attached hydrogens (tertiary/aromatic N) is 2. The normalized spacial score (nSPS) is 26.9. The fraction of sp³-hybridized carbons (Fsp3) is 0.583. The van der Waals surface area contributed by atoms with E-state index < -0.39 is 12.1 Å². The number of hydrogen-bond acceptors (Lipinski definition) is 5. The quantitative estimate of drug-likeness (QED) is 0.590. The van der Waals surface area contributed by atoms with Gasteiger partial charge in [-0.25, -0.2) is 0 Å². The predicted molar refractivity (Wildman–Crippen MR) is 126 cm³/mol. The molecule has 2 N–H and O–H groups in total. The lowest BCUT2D eigenvalue weighted by atomic mass is 9.91. The molecule has 1 aromatic rings. The van der Waals surface area contributed by atoms with Gasteiger partial charge in [-0.1, -0.05) is 29.6 Å². The zero-order valence-electron chi connectivity index (χ0n) is 18.8. The molecule has 1 saturated carbocycles. The van der Waals surface area contributed by atoms with E-state index in [9.17, 15) is 19.6 Å². The zero-order chi connectivity index (χ0) is 24.2.